The Kier molecular flexibility index (Phi) is 7.39. The van der Waals surface area contributed by atoms with Gasteiger partial charge < -0.3 is 20.4 Å². The molecule has 0 saturated carbocycles. The maximum absolute atomic E-state index is 9.39. The van der Waals surface area contributed by atoms with Gasteiger partial charge in [-0.1, -0.05) is 0 Å². The summed E-state index contributed by atoms with van der Waals surface area (Å²) in [5.74, 6) is -0.104. The number of aliphatic hydroxyl groups excluding tert-OH is 4. The van der Waals surface area contributed by atoms with Crippen LogP contribution in [0, 0.1) is 5.92 Å². The second kappa shape index (κ2) is 7.49. The Morgan fingerprint density at radius 3 is 1.50 bits per heavy atom. The molecule has 0 fully saturated rings. The summed E-state index contributed by atoms with van der Waals surface area (Å²) in [5.41, 5.74) is 0. The molecule has 4 heteroatoms. The van der Waals surface area contributed by atoms with E-state index >= 15 is 0 Å². The summed E-state index contributed by atoms with van der Waals surface area (Å²) in [6, 6.07) is 0. The van der Waals surface area contributed by atoms with Crippen LogP contribution in [0.25, 0.3) is 0 Å². The molecule has 1 atom stereocenters. The maximum atomic E-state index is 9.39. The molecule has 0 bridgehead atoms. The van der Waals surface area contributed by atoms with Crippen LogP contribution in [0.4, 0.5) is 0 Å². The van der Waals surface area contributed by atoms with Gasteiger partial charge in [0.05, 0.1) is 6.10 Å². The third kappa shape index (κ3) is 4.66. The molecule has 12 heavy (non-hydrogen) atoms. The third-order valence-corrected chi connectivity index (χ3v) is 1.97. The lowest BCUT2D eigenvalue weighted by Crippen LogP contribution is -2.23. The molecule has 4 nitrogen and oxygen atoms in total. The molecule has 4 N–H and O–H groups in total. The lowest BCUT2D eigenvalue weighted by Gasteiger charge is -2.20. The summed E-state index contributed by atoms with van der Waals surface area (Å²) in [4.78, 5) is 0. The van der Waals surface area contributed by atoms with Crippen LogP contribution < -0.4 is 0 Å². The Morgan fingerprint density at radius 2 is 1.17 bits per heavy atom. The van der Waals surface area contributed by atoms with E-state index in [0.29, 0.717) is 19.3 Å². The maximum Gasteiger partial charge on any atom is 0.0591 e. The zero-order chi connectivity index (χ0) is 9.40. The summed E-state index contributed by atoms with van der Waals surface area (Å²) >= 11 is 0. The summed E-state index contributed by atoms with van der Waals surface area (Å²) < 4.78 is 0. The van der Waals surface area contributed by atoms with Gasteiger partial charge in [0.15, 0.2) is 0 Å². The average Bonchev–Trinajstić information content (AvgIpc) is 2.04. The van der Waals surface area contributed by atoms with E-state index in [0.717, 1.165) is 0 Å². The first-order valence-electron chi connectivity index (χ1n) is 4.26. The molecule has 1 unspecified atom stereocenters. The van der Waals surface area contributed by atoms with Crippen LogP contribution in [0.15, 0.2) is 0 Å². The summed E-state index contributed by atoms with van der Waals surface area (Å²) in [7, 11) is 0. The van der Waals surface area contributed by atoms with Gasteiger partial charge in [-0.2, -0.15) is 0 Å². The molecule has 0 radical (unpaired) electrons. The minimum atomic E-state index is -0.616. The topological polar surface area (TPSA) is 80.9 Å². The molecule has 0 aliphatic rings. The minimum Gasteiger partial charge on any atom is -0.396 e. The highest BCUT2D eigenvalue weighted by molar-refractivity contribution is 4.68. The SMILES string of the molecule is OCCC(O)C(CCO)CCO. The minimum absolute atomic E-state index is 0.00710. The van der Waals surface area contributed by atoms with Gasteiger partial charge in [0.2, 0.25) is 0 Å². The molecule has 0 saturated heterocycles. The smallest absolute Gasteiger partial charge is 0.0591 e. The van der Waals surface area contributed by atoms with Crippen LogP contribution >= 0.6 is 0 Å². The van der Waals surface area contributed by atoms with E-state index in [1.807, 2.05) is 0 Å². The largest absolute Gasteiger partial charge is 0.396 e. The number of aliphatic hydroxyl groups is 4. The highest BCUT2D eigenvalue weighted by Crippen LogP contribution is 2.15. The molecular formula is C8H18O4. The molecule has 0 amide bonds. The fourth-order valence-electron chi connectivity index (χ4n) is 1.23. The monoisotopic (exact) mass is 178 g/mol. The van der Waals surface area contributed by atoms with E-state index < -0.39 is 6.10 Å². The van der Waals surface area contributed by atoms with Gasteiger partial charge in [-0.05, 0) is 25.2 Å². The zero-order valence-electron chi connectivity index (χ0n) is 7.19. The van der Waals surface area contributed by atoms with Crippen molar-refractivity contribution >= 4 is 0 Å². The summed E-state index contributed by atoms with van der Waals surface area (Å²) in [5, 5.41) is 35.2. The van der Waals surface area contributed by atoms with E-state index in [1.54, 1.807) is 0 Å². The first kappa shape index (κ1) is 11.8. The van der Waals surface area contributed by atoms with E-state index in [9.17, 15) is 5.11 Å². The van der Waals surface area contributed by atoms with Crippen molar-refractivity contribution < 1.29 is 20.4 Å². The van der Waals surface area contributed by atoms with Crippen molar-refractivity contribution in [3.05, 3.63) is 0 Å². The van der Waals surface area contributed by atoms with Crippen molar-refractivity contribution in [1.82, 2.24) is 0 Å². The van der Waals surface area contributed by atoms with Crippen LogP contribution in [0.5, 0.6) is 0 Å². The molecule has 0 aromatic heterocycles. The van der Waals surface area contributed by atoms with Crippen LogP contribution in [-0.4, -0.2) is 46.4 Å². The van der Waals surface area contributed by atoms with Gasteiger partial charge in [0, 0.05) is 19.8 Å². The van der Waals surface area contributed by atoms with Crippen molar-refractivity contribution in [3.63, 3.8) is 0 Å². The first-order valence-corrected chi connectivity index (χ1v) is 4.26. The van der Waals surface area contributed by atoms with Crippen LogP contribution in [0.2, 0.25) is 0 Å². The Hall–Kier alpha value is -0.160. The molecule has 0 aromatic rings. The van der Waals surface area contributed by atoms with Crippen LogP contribution in [-0.2, 0) is 0 Å². The third-order valence-electron chi connectivity index (χ3n) is 1.97. The van der Waals surface area contributed by atoms with Gasteiger partial charge in [0.25, 0.3) is 0 Å². The highest BCUT2D eigenvalue weighted by Gasteiger charge is 2.17. The Balaban J connectivity index is 3.72. The molecule has 0 aromatic carbocycles. The van der Waals surface area contributed by atoms with E-state index in [4.69, 9.17) is 15.3 Å². The Bertz CT molecular complexity index is 91.1. The predicted molar refractivity (Wildman–Crippen MR) is 44.6 cm³/mol. The fraction of sp³-hybridized carbons (Fsp3) is 1.00. The second-order valence-corrected chi connectivity index (χ2v) is 2.86. The number of hydrogen-bond donors (Lipinski definition) is 4. The molecule has 74 valence electrons. The van der Waals surface area contributed by atoms with Crippen molar-refractivity contribution in [2.24, 2.45) is 5.92 Å². The van der Waals surface area contributed by atoms with Crippen LogP contribution in [0.1, 0.15) is 19.3 Å². The Labute approximate surface area is 72.5 Å². The standard InChI is InChI=1S/C8H18O4/c9-4-1-7(2-5-10)8(12)3-6-11/h7-12H,1-6H2. The normalized spacial score (nSPS) is 13.8. The average molecular weight is 178 g/mol. The van der Waals surface area contributed by atoms with Crippen molar-refractivity contribution in [1.29, 1.82) is 0 Å². The quantitative estimate of drug-likeness (QED) is 0.408. The molecule has 0 rings (SSSR count). The van der Waals surface area contributed by atoms with Gasteiger partial charge in [-0.25, -0.2) is 0 Å². The summed E-state index contributed by atoms with van der Waals surface area (Å²) in [6.45, 7) is -0.0468. The molecule has 0 aliphatic carbocycles. The van der Waals surface area contributed by atoms with Gasteiger partial charge in [-0.15, -0.1) is 0 Å². The Morgan fingerprint density at radius 1 is 0.750 bits per heavy atom. The fourth-order valence-corrected chi connectivity index (χ4v) is 1.23. The first-order chi connectivity index (χ1) is 5.76. The van der Waals surface area contributed by atoms with Crippen molar-refractivity contribution in [3.8, 4) is 0 Å². The van der Waals surface area contributed by atoms with E-state index in [2.05, 4.69) is 0 Å². The lowest BCUT2D eigenvalue weighted by atomic mass is 9.94. The van der Waals surface area contributed by atoms with Gasteiger partial charge >= 0.3 is 0 Å². The zero-order valence-corrected chi connectivity index (χ0v) is 7.19. The second-order valence-electron chi connectivity index (χ2n) is 2.86. The summed E-state index contributed by atoms with van der Waals surface area (Å²) in [6.07, 6.45) is 0.642. The molecular weight excluding hydrogens is 160 g/mol. The van der Waals surface area contributed by atoms with Gasteiger partial charge in [-0.3, -0.25) is 0 Å². The lowest BCUT2D eigenvalue weighted by molar-refractivity contribution is 0.0521. The van der Waals surface area contributed by atoms with Gasteiger partial charge in [0.1, 0.15) is 0 Å². The predicted octanol–water partition coefficient (Wildman–Crippen LogP) is -0.889. The molecule has 0 aliphatic heterocycles. The van der Waals surface area contributed by atoms with Crippen LogP contribution in [0.3, 0.4) is 0 Å². The molecule has 0 spiro atoms. The highest BCUT2D eigenvalue weighted by atomic mass is 16.3. The van der Waals surface area contributed by atoms with Crippen molar-refractivity contribution in [2.45, 2.75) is 25.4 Å². The van der Waals surface area contributed by atoms with E-state index in [1.165, 1.54) is 0 Å². The van der Waals surface area contributed by atoms with E-state index in [-0.39, 0.29) is 25.7 Å². The molecule has 0 heterocycles. The van der Waals surface area contributed by atoms with Crippen molar-refractivity contribution in [2.75, 3.05) is 19.8 Å². The number of hydrogen-bond acceptors (Lipinski definition) is 4. The number of rotatable bonds is 7.